The van der Waals surface area contributed by atoms with E-state index in [1.165, 1.54) is 35.1 Å². The average Bonchev–Trinajstić information content (AvgIpc) is 3.06. The summed E-state index contributed by atoms with van der Waals surface area (Å²) in [7, 11) is 0. The van der Waals surface area contributed by atoms with Gasteiger partial charge in [0.2, 0.25) is 0 Å². The van der Waals surface area contributed by atoms with Crippen molar-refractivity contribution in [2.24, 2.45) is 0 Å². The molecule has 0 aliphatic carbocycles. The Morgan fingerprint density at radius 3 is 2.32 bits per heavy atom. The maximum Gasteiger partial charge on any atom is 0.273 e. The molecule has 0 radical (unpaired) electrons. The lowest BCUT2D eigenvalue weighted by Gasteiger charge is -2.13. The van der Waals surface area contributed by atoms with E-state index in [0.717, 1.165) is 11.1 Å². The second kappa shape index (κ2) is 7.21. The lowest BCUT2D eigenvalue weighted by atomic mass is 10.1. The van der Waals surface area contributed by atoms with Crippen LogP contribution in [0.3, 0.4) is 0 Å². The van der Waals surface area contributed by atoms with E-state index in [1.807, 2.05) is 0 Å². The van der Waals surface area contributed by atoms with Crippen molar-refractivity contribution in [3.05, 3.63) is 83.2 Å². The highest BCUT2D eigenvalue weighted by atomic mass is 19.1. The topological polar surface area (TPSA) is 59.8 Å². The highest BCUT2D eigenvalue weighted by Crippen LogP contribution is 2.13. The zero-order valence-corrected chi connectivity index (χ0v) is 13.5. The number of amides is 1. The van der Waals surface area contributed by atoms with Crippen LogP contribution in [-0.4, -0.2) is 20.9 Å². The molecule has 25 heavy (non-hydrogen) atoms. The molecule has 1 atom stereocenters. The Hall–Kier alpha value is -3.09. The molecule has 0 fully saturated rings. The van der Waals surface area contributed by atoms with E-state index in [9.17, 15) is 13.6 Å². The molecule has 3 aromatic rings. The van der Waals surface area contributed by atoms with Crippen molar-refractivity contribution in [2.75, 3.05) is 0 Å². The van der Waals surface area contributed by atoms with E-state index in [0.29, 0.717) is 6.54 Å². The van der Waals surface area contributed by atoms with Crippen molar-refractivity contribution in [3.63, 3.8) is 0 Å². The van der Waals surface area contributed by atoms with Crippen LogP contribution in [0.25, 0.3) is 0 Å². The highest BCUT2D eigenvalue weighted by molar-refractivity contribution is 5.92. The fourth-order valence-electron chi connectivity index (χ4n) is 2.36. The van der Waals surface area contributed by atoms with Gasteiger partial charge in [-0.25, -0.2) is 13.5 Å². The van der Waals surface area contributed by atoms with Crippen LogP contribution in [0, 0.1) is 11.6 Å². The quantitative estimate of drug-likeness (QED) is 0.775. The summed E-state index contributed by atoms with van der Waals surface area (Å²) in [6.45, 7) is 2.18. The monoisotopic (exact) mass is 342 g/mol. The second-order valence-corrected chi connectivity index (χ2v) is 5.67. The predicted octanol–water partition coefficient (Wildman–Crippen LogP) is 3.10. The fraction of sp³-hybridized carbons (Fsp3) is 0.167. The summed E-state index contributed by atoms with van der Waals surface area (Å²) in [6, 6.07) is 11.6. The summed E-state index contributed by atoms with van der Waals surface area (Å²) in [4.78, 5) is 12.3. The molecule has 0 saturated heterocycles. The van der Waals surface area contributed by atoms with Gasteiger partial charge in [-0.3, -0.25) is 4.79 Å². The molecule has 0 saturated carbocycles. The Balaban J connectivity index is 1.63. The van der Waals surface area contributed by atoms with Crippen LogP contribution in [0.5, 0.6) is 0 Å². The number of nitrogens with one attached hydrogen (secondary N) is 1. The van der Waals surface area contributed by atoms with Crippen LogP contribution in [0.4, 0.5) is 8.78 Å². The number of benzene rings is 2. The number of nitrogens with zero attached hydrogens (tertiary/aromatic N) is 3. The molecular weight excluding hydrogens is 326 g/mol. The third-order valence-corrected chi connectivity index (χ3v) is 3.75. The highest BCUT2D eigenvalue weighted by Gasteiger charge is 2.15. The molecule has 0 aliphatic heterocycles. The first-order valence-electron chi connectivity index (χ1n) is 7.72. The van der Waals surface area contributed by atoms with Gasteiger partial charge in [-0.05, 0) is 42.3 Å². The first-order valence-corrected chi connectivity index (χ1v) is 7.72. The minimum absolute atomic E-state index is 0.177. The lowest BCUT2D eigenvalue weighted by molar-refractivity contribution is 0.0934. The molecule has 1 aromatic heterocycles. The summed E-state index contributed by atoms with van der Waals surface area (Å²) in [5.74, 6) is -1.01. The Morgan fingerprint density at radius 1 is 1.08 bits per heavy atom. The predicted molar refractivity (Wildman–Crippen MR) is 87.8 cm³/mol. The zero-order chi connectivity index (χ0) is 17.8. The van der Waals surface area contributed by atoms with Crippen LogP contribution >= 0.6 is 0 Å². The molecule has 0 spiro atoms. The molecule has 1 amide bonds. The largest absolute Gasteiger partial charge is 0.344 e. The molecular formula is C18H16F2N4O. The summed E-state index contributed by atoms with van der Waals surface area (Å²) in [6.07, 6.45) is 1.52. The molecule has 7 heteroatoms. The van der Waals surface area contributed by atoms with Gasteiger partial charge in [-0.2, -0.15) is 0 Å². The van der Waals surface area contributed by atoms with Gasteiger partial charge in [0.15, 0.2) is 5.69 Å². The van der Waals surface area contributed by atoms with E-state index < -0.39 is 0 Å². The Bertz CT molecular complexity index is 860. The van der Waals surface area contributed by atoms with Crippen LogP contribution in [0.1, 0.15) is 34.6 Å². The van der Waals surface area contributed by atoms with Gasteiger partial charge in [0.25, 0.3) is 5.91 Å². The Morgan fingerprint density at radius 2 is 1.68 bits per heavy atom. The number of carbonyl (C=O) groups is 1. The molecule has 3 rings (SSSR count). The minimum atomic E-state index is -0.373. The number of carbonyl (C=O) groups excluding carboxylic acids is 1. The molecule has 0 unspecified atom stereocenters. The van der Waals surface area contributed by atoms with Crippen molar-refractivity contribution in [1.82, 2.24) is 20.3 Å². The van der Waals surface area contributed by atoms with Gasteiger partial charge in [0, 0.05) is 0 Å². The van der Waals surface area contributed by atoms with E-state index in [1.54, 1.807) is 31.2 Å². The number of hydrogen-bond acceptors (Lipinski definition) is 3. The van der Waals surface area contributed by atoms with Gasteiger partial charge in [-0.1, -0.05) is 29.5 Å². The first kappa shape index (κ1) is 16.8. The van der Waals surface area contributed by atoms with Crippen LogP contribution in [0.2, 0.25) is 0 Å². The van der Waals surface area contributed by atoms with Gasteiger partial charge >= 0.3 is 0 Å². The number of halogens is 2. The summed E-state index contributed by atoms with van der Waals surface area (Å²) < 4.78 is 27.4. The third kappa shape index (κ3) is 4.26. The summed E-state index contributed by atoms with van der Waals surface area (Å²) in [5, 5.41) is 10.6. The second-order valence-electron chi connectivity index (χ2n) is 5.67. The van der Waals surface area contributed by atoms with E-state index in [2.05, 4.69) is 15.6 Å². The van der Waals surface area contributed by atoms with E-state index >= 15 is 0 Å². The van der Waals surface area contributed by atoms with Crippen LogP contribution in [0.15, 0.2) is 54.7 Å². The van der Waals surface area contributed by atoms with Gasteiger partial charge in [0.1, 0.15) is 11.6 Å². The lowest BCUT2D eigenvalue weighted by Crippen LogP contribution is -2.27. The Kier molecular flexibility index (Phi) is 4.83. The van der Waals surface area contributed by atoms with Crippen molar-refractivity contribution in [2.45, 2.75) is 19.5 Å². The maximum absolute atomic E-state index is 13.0. The van der Waals surface area contributed by atoms with E-state index in [4.69, 9.17) is 0 Å². The van der Waals surface area contributed by atoms with Gasteiger partial charge in [-0.15, -0.1) is 5.10 Å². The van der Waals surface area contributed by atoms with Crippen molar-refractivity contribution in [1.29, 1.82) is 0 Å². The summed E-state index contributed by atoms with van der Waals surface area (Å²) in [5.41, 5.74) is 1.81. The first-order chi connectivity index (χ1) is 12.0. The molecule has 1 heterocycles. The average molecular weight is 342 g/mol. The molecule has 0 aliphatic rings. The smallest absolute Gasteiger partial charge is 0.273 e. The number of hydrogen-bond donors (Lipinski definition) is 1. The minimum Gasteiger partial charge on any atom is -0.344 e. The van der Waals surface area contributed by atoms with Crippen LogP contribution < -0.4 is 5.32 Å². The maximum atomic E-state index is 13.0. The van der Waals surface area contributed by atoms with Gasteiger partial charge < -0.3 is 5.32 Å². The molecule has 0 bridgehead atoms. The molecule has 2 aromatic carbocycles. The van der Waals surface area contributed by atoms with E-state index in [-0.39, 0.29) is 29.3 Å². The molecule has 5 nitrogen and oxygen atoms in total. The van der Waals surface area contributed by atoms with Crippen molar-refractivity contribution in [3.8, 4) is 0 Å². The molecule has 1 N–H and O–H groups in total. The fourth-order valence-corrected chi connectivity index (χ4v) is 2.36. The molecule has 128 valence electrons. The van der Waals surface area contributed by atoms with Crippen LogP contribution in [-0.2, 0) is 6.54 Å². The van der Waals surface area contributed by atoms with Crippen molar-refractivity contribution >= 4 is 5.91 Å². The summed E-state index contributed by atoms with van der Waals surface area (Å²) >= 11 is 0. The zero-order valence-electron chi connectivity index (χ0n) is 13.5. The third-order valence-electron chi connectivity index (χ3n) is 3.75. The SMILES string of the molecule is C[C@@H](NC(=O)c1cn(Cc2ccc(F)cc2)nn1)c1ccc(F)cc1. The number of aromatic nitrogens is 3. The number of rotatable bonds is 5. The Labute approximate surface area is 143 Å². The van der Waals surface area contributed by atoms with Crippen molar-refractivity contribution < 1.29 is 13.6 Å². The normalized spacial score (nSPS) is 12.0. The van der Waals surface area contributed by atoms with Gasteiger partial charge in [0.05, 0.1) is 18.8 Å². The standard InChI is InChI=1S/C18H16F2N4O/c1-12(14-4-8-16(20)9-5-14)21-18(25)17-11-24(23-22-17)10-13-2-6-15(19)7-3-13/h2-9,11-12H,10H2,1H3,(H,21,25)/t12-/m1/s1.